The molecule has 0 aliphatic carbocycles. The maximum atomic E-state index is 14.8. The number of unbranched alkanes of at least 4 members (excludes halogenated alkanes) is 14. The van der Waals surface area contributed by atoms with Crippen LogP contribution in [0.15, 0.2) is 28.0 Å². The molecule has 0 bridgehead atoms. The quantitative estimate of drug-likeness (QED) is 0.0547. The van der Waals surface area contributed by atoms with Crippen LogP contribution in [-0.4, -0.2) is 11.5 Å². The van der Waals surface area contributed by atoms with Crippen LogP contribution in [0.1, 0.15) is 256 Å². The summed E-state index contributed by atoms with van der Waals surface area (Å²) in [6.07, 6.45) is 27.3. The maximum Gasteiger partial charge on any atom is 0.189 e. The smallest absolute Gasteiger partial charge is 0.189 e. The fraction of sp³-hybridized carbons (Fsp3) is 0.760. The second-order valence-electron chi connectivity index (χ2n) is 16.7. The molecule has 0 N–H and O–H groups in total. The number of benzene rings is 2. The maximum absolute atomic E-state index is 14.8. The van der Waals surface area contributed by atoms with Crippen LogP contribution in [0.2, 0.25) is 0 Å². The first-order chi connectivity index (χ1) is 26.2. The van der Waals surface area contributed by atoms with Gasteiger partial charge in [-0.25, -0.2) is 0 Å². The van der Waals surface area contributed by atoms with Crippen molar-refractivity contribution in [2.45, 2.75) is 244 Å². The third kappa shape index (κ3) is 16.7. The molecule has 0 aliphatic rings. The Hall–Kier alpha value is -1.26. The summed E-state index contributed by atoms with van der Waals surface area (Å²) in [5, 5.41) is 14.8. The zero-order valence-corrected chi connectivity index (χ0v) is 38.8. The van der Waals surface area contributed by atoms with Crippen molar-refractivity contribution in [3.8, 4) is 17.2 Å². The fourth-order valence-corrected chi connectivity index (χ4v) is 9.69. The lowest BCUT2D eigenvalue weighted by Crippen LogP contribution is -2.08. The Kier molecular flexibility index (Phi) is 26.3. The van der Waals surface area contributed by atoms with E-state index in [9.17, 15) is 5.11 Å². The van der Waals surface area contributed by atoms with E-state index in [1.54, 1.807) is 0 Å². The monoisotopic (exact) mass is 782 g/mol. The lowest BCUT2D eigenvalue weighted by Gasteiger charge is -2.28. The average molecular weight is 782 g/mol. The van der Waals surface area contributed by atoms with Crippen molar-refractivity contribution in [1.29, 1.82) is 0 Å². The number of ether oxygens (including phenoxy) is 1. The van der Waals surface area contributed by atoms with Crippen LogP contribution < -0.4 is 4.74 Å². The van der Waals surface area contributed by atoms with Gasteiger partial charge < -0.3 is 4.74 Å². The molecule has 0 saturated heterocycles. The molecule has 2 aromatic rings. The molecule has 0 aromatic heterocycles. The molecule has 1 radical (unpaired) electrons. The van der Waals surface area contributed by atoms with Gasteiger partial charge in [0.25, 0.3) is 0 Å². The minimum Gasteiger partial charge on any atom is -0.455 e. The van der Waals surface area contributed by atoms with Gasteiger partial charge in [0, 0.05) is 16.0 Å². The lowest BCUT2D eigenvalue weighted by atomic mass is 9.87. The molecule has 0 amide bonds. The Morgan fingerprint density at radius 2 is 0.926 bits per heavy atom. The predicted octanol–water partition coefficient (Wildman–Crippen LogP) is 18.9. The molecule has 0 aliphatic heterocycles. The SMILES string of the molecule is CCCCCCCCCSc1cc(C(C)CC)c(Oc2c(SCCCCCCCCC)cc(C(C)CCCC)c([O])c2C(C)CCCC)c(C(C)CC)c1. The van der Waals surface area contributed by atoms with Gasteiger partial charge in [-0.05, 0) is 103 Å². The van der Waals surface area contributed by atoms with Gasteiger partial charge in [-0.2, -0.15) is 0 Å². The molecular formula is C50H85O2S2. The summed E-state index contributed by atoms with van der Waals surface area (Å²) in [5.41, 5.74) is 4.59. The number of rotatable bonds is 32. The molecule has 4 heteroatoms. The normalized spacial score (nSPS) is 14.0. The van der Waals surface area contributed by atoms with Crippen molar-refractivity contribution in [3.05, 3.63) is 40.5 Å². The molecule has 0 fully saturated rings. The first kappa shape index (κ1) is 48.9. The lowest BCUT2D eigenvalue weighted by molar-refractivity contribution is 0.330. The van der Waals surface area contributed by atoms with E-state index < -0.39 is 0 Å². The first-order valence-electron chi connectivity index (χ1n) is 23.2. The van der Waals surface area contributed by atoms with E-state index in [0.29, 0.717) is 11.8 Å². The van der Waals surface area contributed by atoms with E-state index in [0.717, 1.165) is 79.7 Å². The molecule has 2 nitrogen and oxygen atoms in total. The third-order valence-electron chi connectivity index (χ3n) is 11.9. The van der Waals surface area contributed by atoms with E-state index in [-0.39, 0.29) is 17.6 Å². The van der Waals surface area contributed by atoms with Crippen LogP contribution >= 0.6 is 23.5 Å². The third-order valence-corrected chi connectivity index (χ3v) is 14.1. The summed E-state index contributed by atoms with van der Waals surface area (Å²) in [4.78, 5) is 2.58. The molecule has 54 heavy (non-hydrogen) atoms. The second-order valence-corrected chi connectivity index (χ2v) is 19.0. The molecule has 2 aromatic carbocycles. The summed E-state index contributed by atoms with van der Waals surface area (Å²) in [7, 11) is 0. The van der Waals surface area contributed by atoms with Gasteiger partial charge in [-0.3, -0.25) is 5.11 Å². The zero-order chi connectivity index (χ0) is 39.7. The van der Waals surface area contributed by atoms with Crippen molar-refractivity contribution in [2.24, 2.45) is 0 Å². The minimum atomic E-state index is 0.152. The molecule has 4 unspecified atom stereocenters. The zero-order valence-electron chi connectivity index (χ0n) is 37.1. The highest BCUT2D eigenvalue weighted by Gasteiger charge is 2.29. The van der Waals surface area contributed by atoms with Crippen LogP contribution in [0.25, 0.3) is 0 Å². The molecule has 0 spiro atoms. The molecule has 309 valence electrons. The molecule has 4 atom stereocenters. The number of thioether (sulfide) groups is 2. The standard InChI is InChI=1S/C50H85O2S2/c1-11-17-21-23-25-27-29-33-53-42-35-44(38(7)15-5)49(45(36-42)39(8)16-6)52-50-46(54-34-30-28-26-24-22-18-12-2)37-43(40(9)31-19-13-3)48(51)47(50)41(10)32-20-14-4/h35-41H,11-34H2,1-10H3. The fourth-order valence-electron chi connectivity index (χ4n) is 7.62. The summed E-state index contributed by atoms with van der Waals surface area (Å²) < 4.78 is 7.48. The van der Waals surface area contributed by atoms with E-state index in [1.165, 1.54) is 117 Å². The largest absolute Gasteiger partial charge is 0.455 e. The van der Waals surface area contributed by atoms with Crippen LogP contribution in [0, 0.1) is 0 Å². The average Bonchev–Trinajstić information content (AvgIpc) is 3.18. The highest BCUT2D eigenvalue weighted by atomic mass is 32.2. The highest BCUT2D eigenvalue weighted by molar-refractivity contribution is 7.99. The van der Waals surface area contributed by atoms with Crippen LogP contribution in [-0.2, 0) is 5.11 Å². The summed E-state index contributed by atoms with van der Waals surface area (Å²) in [6.45, 7) is 23.0. The van der Waals surface area contributed by atoms with Gasteiger partial charge in [0.15, 0.2) is 5.75 Å². The Balaban J connectivity index is 2.66. The highest BCUT2D eigenvalue weighted by Crippen LogP contribution is 2.52. The van der Waals surface area contributed by atoms with Gasteiger partial charge in [0.2, 0.25) is 0 Å². The van der Waals surface area contributed by atoms with Crippen LogP contribution in [0.5, 0.6) is 17.2 Å². The van der Waals surface area contributed by atoms with E-state index in [2.05, 4.69) is 87.4 Å². The Morgan fingerprint density at radius 3 is 1.41 bits per heavy atom. The molecule has 0 heterocycles. The Morgan fingerprint density at radius 1 is 0.481 bits per heavy atom. The first-order valence-corrected chi connectivity index (χ1v) is 25.1. The van der Waals surface area contributed by atoms with Crippen LogP contribution in [0.3, 0.4) is 0 Å². The summed E-state index contributed by atoms with van der Waals surface area (Å²) >= 11 is 3.99. The summed E-state index contributed by atoms with van der Waals surface area (Å²) in [6, 6.07) is 7.18. The molecule has 2 rings (SSSR count). The van der Waals surface area contributed by atoms with Gasteiger partial charge in [0.05, 0.1) is 4.90 Å². The molecule has 0 saturated carbocycles. The van der Waals surface area contributed by atoms with Crippen molar-refractivity contribution in [2.75, 3.05) is 11.5 Å². The topological polar surface area (TPSA) is 29.1 Å². The number of hydrogen-bond donors (Lipinski definition) is 0. The Labute approximate surface area is 345 Å². The van der Waals surface area contributed by atoms with Crippen molar-refractivity contribution < 1.29 is 9.84 Å². The van der Waals surface area contributed by atoms with Gasteiger partial charge in [0.1, 0.15) is 11.5 Å². The van der Waals surface area contributed by atoms with Crippen LogP contribution in [0.4, 0.5) is 0 Å². The van der Waals surface area contributed by atoms with Gasteiger partial charge in [-0.15, -0.1) is 23.5 Å². The van der Waals surface area contributed by atoms with Gasteiger partial charge in [-0.1, -0.05) is 172 Å². The summed E-state index contributed by atoms with van der Waals surface area (Å²) in [5.74, 6) is 5.53. The Bertz CT molecular complexity index is 1240. The van der Waals surface area contributed by atoms with E-state index >= 15 is 0 Å². The number of hydrogen-bond acceptors (Lipinski definition) is 3. The second kappa shape index (κ2) is 29.0. The predicted molar refractivity (Wildman–Crippen MR) is 244 cm³/mol. The van der Waals surface area contributed by atoms with Gasteiger partial charge >= 0.3 is 0 Å². The van der Waals surface area contributed by atoms with E-state index in [1.807, 2.05) is 23.5 Å². The van der Waals surface area contributed by atoms with Crippen molar-refractivity contribution in [1.82, 2.24) is 0 Å². The van der Waals surface area contributed by atoms with Crippen molar-refractivity contribution >= 4 is 23.5 Å². The molecular weight excluding hydrogens is 697 g/mol. The van der Waals surface area contributed by atoms with Crippen molar-refractivity contribution in [3.63, 3.8) is 0 Å². The van der Waals surface area contributed by atoms with E-state index in [4.69, 9.17) is 4.74 Å². The minimum absolute atomic E-state index is 0.152.